The number of carboxylic acids is 1. The predicted molar refractivity (Wildman–Crippen MR) is 102 cm³/mol. The van der Waals surface area contributed by atoms with Crippen molar-refractivity contribution in [1.82, 2.24) is 0 Å². The van der Waals surface area contributed by atoms with Crippen molar-refractivity contribution in [2.45, 2.75) is 83.3 Å². The van der Waals surface area contributed by atoms with Crippen molar-refractivity contribution >= 4 is 45.2 Å². The van der Waals surface area contributed by atoms with Gasteiger partial charge in [-0.1, -0.05) is 88.7 Å². The highest BCUT2D eigenvalue weighted by Gasteiger charge is 2.13. The lowest BCUT2D eigenvalue weighted by Gasteiger charge is -2.06. The third-order valence-electron chi connectivity index (χ3n) is 3.34. The molecule has 0 rings (SSSR count). The molecule has 1 N–H and O–H groups in total. The fourth-order valence-corrected chi connectivity index (χ4v) is 4.52. The summed E-state index contributed by atoms with van der Waals surface area (Å²) in [6.45, 7) is 3.94. The zero-order valence-corrected chi connectivity index (χ0v) is 15.9. The smallest absolute Gasteiger partial charge is 0.316 e. The first-order chi connectivity index (χ1) is 10.1. The number of thioether (sulfide) groups is 2. The van der Waals surface area contributed by atoms with Crippen LogP contribution in [-0.2, 0) is 4.79 Å². The summed E-state index contributed by atoms with van der Waals surface area (Å²) >= 11 is 8.10. The lowest BCUT2D eigenvalue weighted by molar-refractivity contribution is -0.136. The molecule has 0 fully saturated rings. The molecule has 1 atom stereocenters. The lowest BCUT2D eigenvalue weighted by atomic mass is 10.1. The normalized spacial score (nSPS) is 12.3. The standard InChI is InChI=1S/C16H30O2S3/c1-3-4-5-6-7-8-9-10-11-12-13-20-16(19)21-14(2)15(17)18/h14H,3-13H2,1-2H3,(H,17,18)/t14-/m1/s1. The Balaban J connectivity index is 3.25. The number of unbranched alkanes of at least 4 members (excludes halogenated alkanes) is 9. The minimum absolute atomic E-state index is 0.433. The molecule has 0 aromatic carbocycles. The number of aliphatic carboxylic acids is 1. The first-order valence-electron chi connectivity index (χ1n) is 8.14. The van der Waals surface area contributed by atoms with Gasteiger partial charge in [0.25, 0.3) is 0 Å². The van der Waals surface area contributed by atoms with Gasteiger partial charge in [0.15, 0.2) is 0 Å². The van der Waals surface area contributed by atoms with Crippen LogP contribution < -0.4 is 0 Å². The summed E-state index contributed by atoms with van der Waals surface area (Å²) in [6, 6.07) is 0. The van der Waals surface area contributed by atoms with E-state index in [1.807, 2.05) is 0 Å². The van der Waals surface area contributed by atoms with E-state index in [4.69, 9.17) is 17.3 Å². The van der Waals surface area contributed by atoms with E-state index in [9.17, 15) is 4.79 Å². The van der Waals surface area contributed by atoms with Gasteiger partial charge in [0.05, 0.1) is 0 Å². The van der Waals surface area contributed by atoms with E-state index in [1.54, 1.807) is 18.7 Å². The van der Waals surface area contributed by atoms with Gasteiger partial charge in [0.1, 0.15) is 8.78 Å². The van der Waals surface area contributed by atoms with Crippen molar-refractivity contribution in [3.05, 3.63) is 0 Å². The van der Waals surface area contributed by atoms with Gasteiger partial charge in [-0.3, -0.25) is 4.79 Å². The van der Waals surface area contributed by atoms with E-state index < -0.39 is 11.2 Å². The maximum atomic E-state index is 10.7. The maximum absolute atomic E-state index is 10.7. The SMILES string of the molecule is CCCCCCCCCCCCSC(=S)S[C@H](C)C(=O)O. The molecular formula is C16H30O2S3. The van der Waals surface area contributed by atoms with Crippen LogP contribution in [0.3, 0.4) is 0 Å². The van der Waals surface area contributed by atoms with Crippen LogP contribution in [0.15, 0.2) is 0 Å². The Morgan fingerprint density at radius 3 is 1.95 bits per heavy atom. The molecule has 0 aromatic heterocycles. The summed E-state index contributed by atoms with van der Waals surface area (Å²) in [6.07, 6.45) is 13.4. The van der Waals surface area contributed by atoms with Crippen LogP contribution in [0, 0.1) is 0 Å². The number of carbonyl (C=O) groups is 1. The van der Waals surface area contributed by atoms with Gasteiger partial charge in [-0.05, 0) is 19.1 Å². The second-order valence-corrected chi connectivity index (χ2v) is 9.02. The number of rotatable bonds is 13. The number of thiocarbonyl (C=S) groups is 1. The molecule has 0 radical (unpaired) electrons. The van der Waals surface area contributed by atoms with Gasteiger partial charge in [0, 0.05) is 0 Å². The van der Waals surface area contributed by atoms with Gasteiger partial charge in [-0.2, -0.15) is 0 Å². The minimum Gasteiger partial charge on any atom is -0.480 e. The fourth-order valence-electron chi connectivity index (χ4n) is 1.97. The maximum Gasteiger partial charge on any atom is 0.316 e. The first kappa shape index (κ1) is 21.3. The highest BCUT2D eigenvalue weighted by molar-refractivity contribution is 8.47. The zero-order valence-electron chi connectivity index (χ0n) is 13.4. The van der Waals surface area contributed by atoms with Gasteiger partial charge < -0.3 is 5.11 Å². The van der Waals surface area contributed by atoms with Crippen LogP contribution in [0.25, 0.3) is 0 Å². The van der Waals surface area contributed by atoms with Crippen LogP contribution in [0.1, 0.15) is 78.1 Å². The molecule has 0 amide bonds. The van der Waals surface area contributed by atoms with Gasteiger partial charge in [0.2, 0.25) is 0 Å². The summed E-state index contributed by atoms with van der Waals surface area (Å²) in [4.78, 5) is 10.7. The van der Waals surface area contributed by atoms with Crippen LogP contribution in [0.4, 0.5) is 0 Å². The van der Waals surface area contributed by atoms with Crippen LogP contribution in [0.5, 0.6) is 0 Å². The van der Waals surface area contributed by atoms with E-state index in [1.165, 1.54) is 76.0 Å². The molecule has 124 valence electrons. The van der Waals surface area contributed by atoms with Crippen molar-refractivity contribution in [2.24, 2.45) is 0 Å². The summed E-state index contributed by atoms with van der Waals surface area (Å²) in [7, 11) is 0. The number of hydrogen-bond donors (Lipinski definition) is 1. The third kappa shape index (κ3) is 14.9. The molecular weight excluding hydrogens is 320 g/mol. The monoisotopic (exact) mass is 350 g/mol. The zero-order chi connectivity index (χ0) is 15.9. The fraction of sp³-hybridized carbons (Fsp3) is 0.875. The summed E-state index contributed by atoms with van der Waals surface area (Å²) < 4.78 is 0.765. The Labute approximate surface area is 144 Å². The number of carboxylic acid groups (broad SMARTS) is 1. The minimum atomic E-state index is -0.790. The Hall–Kier alpha value is 0.260. The highest BCUT2D eigenvalue weighted by atomic mass is 32.2. The van der Waals surface area contributed by atoms with E-state index in [0.29, 0.717) is 0 Å². The molecule has 0 heterocycles. The summed E-state index contributed by atoms with van der Waals surface area (Å²) in [5.74, 6) is 0.233. The predicted octanol–water partition coefficient (Wildman–Crippen LogP) is 6.13. The molecule has 2 nitrogen and oxygen atoms in total. The molecule has 0 unspecified atom stereocenters. The molecule has 0 aromatic rings. The van der Waals surface area contributed by atoms with Crippen molar-refractivity contribution < 1.29 is 9.90 Å². The average Bonchev–Trinajstić information content (AvgIpc) is 2.44. The van der Waals surface area contributed by atoms with Crippen molar-refractivity contribution in [1.29, 1.82) is 0 Å². The summed E-state index contributed by atoms with van der Waals surface area (Å²) in [5, 5.41) is 8.37. The Bertz CT molecular complexity index is 283. The first-order valence-corrected chi connectivity index (χ1v) is 10.4. The van der Waals surface area contributed by atoms with E-state index in [-0.39, 0.29) is 0 Å². The second-order valence-electron chi connectivity index (χ2n) is 5.38. The third-order valence-corrected chi connectivity index (χ3v) is 6.10. The Morgan fingerprint density at radius 1 is 1.00 bits per heavy atom. The molecule has 0 saturated carbocycles. The van der Waals surface area contributed by atoms with Crippen LogP contribution >= 0.6 is 35.7 Å². The van der Waals surface area contributed by atoms with Crippen molar-refractivity contribution in [3.8, 4) is 0 Å². The van der Waals surface area contributed by atoms with Gasteiger partial charge in [-0.25, -0.2) is 0 Å². The highest BCUT2D eigenvalue weighted by Crippen LogP contribution is 2.23. The Morgan fingerprint density at radius 2 is 1.48 bits per heavy atom. The molecule has 0 aliphatic rings. The molecule has 0 saturated heterocycles. The van der Waals surface area contributed by atoms with Crippen molar-refractivity contribution in [2.75, 3.05) is 5.75 Å². The second kappa shape index (κ2) is 15.2. The summed E-state index contributed by atoms with van der Waals surface area (Å²) in [5.41, 5.74) is 0. The van der Waals surface area contributed by atoms with E-state index in [0.717, 1.165) is 9.28 Å². The molecule has 0 bridgehead atoms. The molecule has 21 heavy (non-hydrogen) atoms. The molecule has 5 heteroatoms. The van der Waals surface area contributed by atoms with Gasteiger partial charge >= 0.3 is 5.97 Å². The van der Waals surface area contributed by atoms with E-state index in [2.05, 4.69) is 6.92 Å². The average molecular weight is 351 g/mol. The Kier molecular flexibility index (Phi) is 15.4. The lowest BCUT2D eigenvalue weighted by Crippen LogP contribution is -2.12. The van der Waals surface area contributed by atoms with E-state index >= 15 is 0 Å². The topological polar surface area (TPSA) is 37.3 Å². The van der Waals surface area contributed by atoms with Gasteiger partial charge in [-0.15, -0.1) is 11.8 Å². The quantitative estimate of drug-likeness (QED) is 0.319. The van der Waals surface area contributed by atoms with Crippen LogP contribution in [0.2, 0.25) is 0 Å². The van der Waals surface area contributed by atoms with Crippen molar-refractivity contribution in [3.63, 3.8) is 0 Å². The molecule has 0 aliphatic heterocycles. The number of hydrogen-bond acceptors (Lipinski definition) is 4. The van der Waals surface area contributed by atoms with Crippen LogP contribution in [-0.4, -0.2) is 25.6 Å². The largest absolute Gasteiger partial charge is 0.480 e. The molecule has 0 spiro atoms. The molecule has 0 aliphatic carbocycles.